The topological polar surface area (TPSA) is 114 Å². The van der Waals surface area contributed by atoms with E-state index in [1.54, 1.807) is 18.5 Å². The Hall–Kier alpha value is -4.17. The zero-order valence-corrected chi connectivity index (χ0v) is 20.7. The van der Waals surface area contributed by atoms with Gasteiger partial charge in [0, 0.05) is 50.3 Å². The Morgan fingerprint density at radius 3 is 2.78 bits per heavy atom. The van der Waals surface area contributed by atoms with Crippen LogP contribution < -0.4 is 16.4 Å². The molecular formula is C29H32N4O4. The number of nitrogens with one attached hydrogen (secondary N) is 2. The van der Waals surface area contributed by atoms with Crippen LogP contribution in [-0.4, -0.2) is 48.2 Å². The van der Waals surface area contributed by atoms with Gasteiger partial charge in [0.1, 0.15) is 18.1 Å². The molecule has 1 heterocycles. The Balaban J connectivity index is 1.38. The van der Waals surface area contributed by atoms with E-state index in [2.05, 4.69) is 10.6 Å². The van der Waals surface area contributed by atoms with E-state index in [9.17, 15) is 14.4 Å². The van der Waals surface area contributed by atoms with E-state index < -0.39 is 6.04 Å². The zero-order valence-electron chi connectivity index (χ0n) is 20.7. The first-order valence-corrected chi connectivity index (χ1v) is 12.5. The Labute approximate surface area is 216 Å². The first-order chi connectivity index (χ1) is 18.0. The summed E-state index contributed by atoms with van der Waals surface area (Å²) in [6.45, 7) is 1.33. The number of fused-ring (bicyclic) bond motifs is 1. The number of ether oxygens (including phenoxy) is 1. The van der Waals surface area contributed by atoms with Gasteiger partial charge in [0.15, 0.2) is 5.78 Å². The average Bonchev–Trinajstić information content (AvgIpc) is 2.92. The van der Waals surface area contributed by atoms with Crippen LogP contribution in [0.1, 0.15) is 24.8 Å². The van der Waals surface area contributed by atoms with Crippen LogP contribution in [-0.2, 0) is 25.5 Å². The molecule has 4 rings (SSSR count). The van der Waals surface area contributed by atoms with E-state index in [0.717, 1.165) is 21.9 Å². The summed E-state index contributed by atoms with van der Waals surface area (Å²) in [7, 11) is 0. The van der Waals surface area contributed by atoms with Crippen LogP contribution in [0.4, 0.5) is 0 Å². The summed E-state index contributed by atoms with van der Waals surface area (Å²) in [4.78, 5) is 39.3. The van der Waals surface area contributed by atoms with E-state index in [4.69, 9.17) is 10.5 Å². The van der Waals surface area contributed by atoms with Crippen LogP contribution in [0.25, 0.3) is 10.8 Å². The molecule has 2 aliphatic rings. The van der Waals surface area contributed by atoms with E-state index in [1.165, 1.54) is 12.3 Å². The third kappa shape index (κ3) is 7.41. The van der Waals surface area contributed by atoms with Crippen molar-refractivity contribution in [2.45, 2.75) is 31.7 Å². The molecule has 1 atom stereocenters. The monoisotopic (exact) mass is 500 g/mol. The van der Waals surface area contributed by atoms with E-state index in [-0.39, 0.29) is 30.4 Å². The molecule has 8 nitrogen and oxygen atoms in total. The predicted octanol–water partition coefficient (Wildman–Crippen LogP) is 2.82. The molecule has 0 unspecified atom stereocenters. The lowest BCUT2D eigenvalue weighted by Gasteiger charge is -2.23. The number of nitrogens with two attached hydrogens (primary N) is 1. The van der Waals surface area contributed by atoms with E-state index >= 15 is 0 Å². The van der Waals surface area contributed by atoms with Crippen molar-refractivity contribution in [3.05, 3.63) is 96.3 Å². The maximum atomic E-state index is 12.9. The summed E-state index contributed by atoms with van der Waals surface area (Å²) in [5, 5.41) is 7.99. The third-order valence-corrected chi connectivity index (χ3v) is 6.17. The van der Waals surface area contributed by atoms with Crippen molar-refractivity contribution in [3.63, 3.8) is 0 Å². The Bertz CT molecular complexity index is 1280. The lowest BCUT2D eigenvalue weighted by atomic mass is 10.0. The molecule has 192 valence electrons. The van der Waals surface area contributed by atoms with E-state index in [0.29, 0.717) is 38.2 Å². The quantitative estimate of drug-likeness (QED) is 0.409. The van der Waals surface area contributed by atoms with Crippen molar-refractivity contribution in [2.24, 2.45) is 5.73 Å². The fraction of sp³-hybridized carbons (Fsp3) is 0.276. The molecule has 8 heteroatoms. The second-order valence-electron chi connectivity index (χ2n) is 9.02. The molecule has 0 saturated heterocycles. The minimum absolute atomic E-state index is 0.0182. The third-order valence-electron chi connectivity index (χ3n) is 6.17. The van der Waals surface area contributed by atoms with Gasteiger partial charge in [-0.15, -0.1) is 0 Å². The lowest BCUT2D eigenvalue weighted by Crippen LogP contribution is -2.48. The fourth-order valence-electron chi connectivity index (χ4n) is 4.19. The molecule has 2 aromatic rings. The SMILES string of the molecule is NCCCNC(=O)[C@@H](Cc1ccc2ccccc2c1)NC(=O)CCN1C=COC(C2=CC=CC(=O)C2)=C1. The number of benzene rings is 2. The van der Waals surface area contributed by atoms with Gasteiger partial charge < -0.3 is 26.0 Å². The molecule has 4 N–H and O–H groups in total. The molecule has 1 aliphatic heterocycles. The Morgan fingerprint density at radius 1 is 1.14 bits per heavy atom. The molecule has 0 fully saturated rings. The van der Waals surface area contributed by atoms with Gasteiger partial charge in [-0.3, -0.25) is 14.4 Å². The molecule has 0 spiro atoms. The second-order valence-corrected chi connectivity index (χ2v) is 9.02. The summed E-state index contributed by atoms with van der Waals surface area (Å²) in [5.74, 6) is 0.133. The highest BCUT2D eigenvalue weighted by Gasteiger charge is 2.22. The van der Waals surface area contributed by atoms with Gasteiger partial charge in [0.05, 0.1) is 0 Å². The second kappa shape index (κ2) is 12.7. The summed E-state index contributed by atoms with van der Waals surface area (Å²) in [6.07, 6.45) is 11.6. The van der Waals surface area contributed by atoms with Gasteiger partial charge >= 0.3 is 0 Å². The number of allylic oxidation sites excluding steroid dienone is 4. The van der Waals surface area contributed by atoms with Crippen molar-refractivity contribution in [1.82, 2.24) is 15.5 Å². The highest BCUT2D eigenvalue weighted by molar-refractivity contribution is 5.93. The first kappa shape index (κ1) is 25.9. The number of nitrogens with zero attached hydrogens (tertiary/aromatic N) is 1. The van der Waals surface area contributed by atoms with Crippen molar-refractivity contribution in [1.29, 1.82) is 0 Å². The minimum atomic E-state index is -0.706. The molecule has 0 radical (unpaired) electrons. The van der Waals surface area contributed by atoms with E-state index in [1.807, 2.05) is 53.4 Å². The van der Waals surface area contributed by atoms with Crippen LogP contribution >= 0.6 is 0 Å². The van der Waals surface area contributed by atoms with Gasteiger partial charge in [0.2, 0.25) is 11.8 Å². The number of amides is 2. The first-order valence-electron chi connectivity index (χ1n) is 12.5. The maximum absolute atomic E-state index is 12.9. The number of carbonyl (C=O) groups excluding carboxylic acids is 3. The summed E-state index contributed by atoms with van der Waals surface area (Å²) in [6, 6.07) is 13.4. The van der Waals surface area contributed by atoms with Gasteiger partial charge in [-0.05, 0) is 35.4 Å². The average molecular weight is 501 g/mol. The van der Waals surface area contributed by atoms with Gasteiger partial charge in [0.25, 0.3) is 0 Å². The molecular weight excluding hydrogens is 468 g/mol. The highest BCUT2D eigenvalue weighted by atomic mass is 16.5. The maximum Gasteiger partial charge on any atom is 0.242 e. The Kier molecular flexibility index (Phi) is 8.89. The van der Waals surface area contributed by atoms with Crippen molar-refractivity contribution >= 4 is 28.4 Å². The van der Waals surface area contributed by atoms with Crippen LogP contribution in [0, 0.1) is 0 Å². The highest BCUT2D eigenvalue weighted by Crippen LogP contribution is 2.23. The Morgan fingerprint density at radius 2 is 1.97 bits per heavy atom. The van der Waals surface area contributed by atoms with Crippen LogP contribution in [0.3, 0.4) is 0 Å². The zero-order chi connectivity index (χ0) is 26.0. The largest absolute Gasteiger partial charge is 0.462 e. The number of carbonyl (C=O) groups is 3. The molecule has 2 amide bonds. The van der Waals surface area contributed by atoms with Gasteiger partial charge in [-0.2, -0.15) is 0 Å². The standard InChI is InChI=1S/C29H32N4O4/c30-12-4-13-31-29(36)26(18-21-9-10-22-5-1-2-6-23(22)17-21)32-28(35)11-14-33-15-16-37-27(20-33)24-7-3-8-25(34)19-24/h1-3,5-10,15-17,20,26H,4,11-14,18-19,30H2,(H,31,36)(H,32,35)/t26-/m1/s1. The molecule has 1 aliphatic carbocycles. The van der Waals surface area contributed by atoms with Gasteiger partial charge in [-0.1, -0.05) is 54.6 Å². The van der Waals surface area contributed by atoms with Gasteiger partial charge in [-0.25, -0.2) is 0 Å². The molecule has 37 heavy (non-hydrogen) atoms. The predicted molar refractivity (Wildman–Crippen MR) is 143 cm³/mol. The summed E-state index contributed by atoms with van der Waals surface area (Å²) < 4.78 is 5.56. The fourth-order valence-corrected chi connectivity index (χ4v) is 4.19. The minimum Gasteiger partial charge on any atom is -0.462 e. The number of ketones is 1. The summed E-state index contributed by atoms with van der Waals surface area (Å²) in [5.41, 5.74) is 7.31. The van der Waals surface area contributed by atoms with Crippen molar-refractivity contribution in [2.75, 3.05) is 19.6 Å². The summed E-state index contributed by atoms with van der Waals surface area (Å²) >= 11 is 0. The molecule has 0 aromatic heterocycles. The van der Waals surface area contributed by atoms with Crippen LogP contribution in [0.15, 0.2) is 90.7 Å². The van der Waals surface area contributed by atoms with Crippen molar-refractivity contribution in [3.8, 4) is 0 Å². The van der Waals surface area contributed by atoms with Crippen LogP contribution in [0.2, 0.25) is 0 Å². The normalized spacial score (nSPS) is 15.6. The van der Waals surface area contributed by atoms with Crippen LogP contribution in [0.5, 0.6) is 0 Å². The lowest BCUT2D eigenvalue weighted by molar-refractivity contribution is -0.129. The molecule has 0 bridgehead atoms. The molecule has 2 aromatic carbocycles. The molecule has 0 saturated carbocycles. The van der Waals surface area contributed by atoms with Crippen molar-refractivity contribution < 1.29 is 19.1 Å². The smallest absolute Gasteiger partial charge is 0.242 e. The number of hydrogen-bond acceptors (Lipinski definition) is 6. The number of hydrogen-bond donors (Lipinski definition) is 3. The number of rotatable bonds is 11.